The summed E-state index contributed by atoms with van der Waals surface area (Å²) in [6, 6.07) is 4.46. The number of rotatable bonds is 4. The van der Waals surface area contributed by atoms with E-state index in [4.69, 9.17) is 0 Å². The van der Waals surface area contributed by atoms with E-state index in [-0.39, 0.29) is 5.56 Å². The van der Waals surface area contributed by atoms with E-state index < -0.39 is 17.6 Å². The van der Waals surface area contributed by atoms with Gasteiger partial charge in [0.25, 0.3) is 5.91 Å². The van der Waals surface area contributed by atoms with Crippen LogP contribution in [0.3, 0.4) is 0 Å². The monoisotopic (exact) mass is 301 g/mol. The molecule has 0 saturated carbocycles. The van der Waals surface area contributed by atoms with Crippen molar-refractivity contribution < 1.29 is 18.0 Å². The van der Waals surface area contributed by atoms with Crippen molar-refractivity contribution in [1.82, 2.24) is 15.5 Å². The summed E-state index contributed by atoms with van der Waals surface area (Å²) < 4.78 is 37.7. The fraction of sp³-hybridized carbons (Fsp3) is 0.500. The first-order chi connectivity index (χ1) is 9.97. The number of carbonyl (C=O) groups is 1. The molecule has 1 amide bonds. The summed E-state index contributed by atoms with van der Waals surface area (Å²) in [5.41, 5.74) is -0.776. The molecule has 1 aliphatic rings. The normalized spacial score (nSPS) is 16.7. The first-order valence-corrected chi connectivity index (χ1v) is 6.85. The van der Waals surface area contributed by atoms with Gasteiger partial charge in [-0.25, -0.2) is 0 Å². The molecular formula is C14H18F3N3O. The Hall–Kier alpha value is -1.60. The predicted molar refractivity (Wildman–Crippen MR) is 73.1 cm³/mol. The fourth-order valence-corrected chi connectivity index (χ4v) is 2.20. The molecule has 1 saturated heterocycles. The number of hydrogen-bond donors (Lipinski definition) is 2. The number of hydrogen-bond acceptors (Lipinski definition) is 3. The fourth-order valence-electron chi connectivity index (χ4n) is 2.20. The number of halogens is 3. The number of nitrogens with one attached hydrogen (secondary N) is 2. The predicted octanol–water partition coefficient (Wildman–Crippen LogP) is 1.34. The van der Waals surface area contributed by atoms with Gasteiger partial charge in [-0.1, -0.05) is 6.07 Å². The zero-order valence-electron chi connectivity index (χ0n) is 11.5. The van der Waals surface area contributed by atoms with E-state index in [1.165, 1.54) is 12.1 Å². The molecule has 0 spiro atoms. The number of piperazine rings is 1. The first-order valence-electron chi connectivity index (χ1n) is 6.85. The molecule has 4 nitrogen and oxygen atoms in total. The maximum atomic E-state index is 12.6. The van der Waals surface area contributed by atoms with Gasteiger partial charge in [-0.05, 0) is 18.2 Å². The Labute approximate surface area is 121 Å². The summed E-state index contributed by atoms with van der Waals surface area (Å²) in [6.45, 7) is 4.80. The number of carbonyl (C=O) groups excluding carboxylic acids is 1. The second kappa shape index (κ2) is 6.91. The quantitative estimate of drug-likeness (QED) is 0.882. The SMILES string of the molecule is O=C(NCCN1CCNCC1)c1cccc(C(F)(F)F)c1. The Morgan fingerprint density at radius 1 is 1.29 bits per heavy atom. The highest BCUT2D eigenvalue weighted by molar-refractivity contribution is 5.94. The van der Waals surface area contributed by atoms with Crippen molar-refractivity contribution in [3.63, 3.8) is 0 Å². The van der Waals surface area contributed by atoms with Crippen molar-refractivity contribution in [2.75, 3.05) is 39.3 Å². The molecule has 1 heterocycles. The Balaban J connectivity index is 1.85. The van der Waals surface area contributed by atoms with Crippen LogP contribution in [0, 0.1) is 0 Å². The van der Waals surface area contributed by atoms with E-state index in [1.807, 2.05) is 0 Å². The minimum absolute atomic E-state index is 0.0325. The maximum Gasteiger partial charge on any atom is 0.416 e. The van der Waals surface area contributed by atoms with Gasteiger partial charge in [-0.3, -0.25) is 9.69 Å². The van der Waals surface area contributed by atoms with Gasteiger partial charge < -0.3 is 10.6 Å². The maximum absolute atomic E-state index is 12.6. The lowest BCUT2D eigenvalue weighted by Crippen LogP contribution is -2.46. The molecule has 1 aliphatic heterocycles. The van der Waals surface area contributed by atoms with Crippen LogP contribution in [0.15, 0.2) is 24.3 Å². The van der Waals surface area contributed by atoms with Gasteiger partial charge in [0, 0.05) is 44.8 Å². The van der Waals surface area contributed by atoms with Gasteiger partial charge in [-0.15, -0.1) is 0 Å². The number of amides is 1. The van der Waals surface area contributed by atoms with E-state index >= 15 is 0 Å². The van der Waals surface area contributed by atoms with Crippen molar-refractivity contribution in [2.24, 2.45) is 0 Å². The van der Waals surface area contributed by atoms with Crippen LogP contribution in [0.5, 0.6) is 0 Å². The average molecular weight is 301 g/mol. The smallest absolute Gasteiger partial charge is 0.351 e. The summed E-state index contributed by atoms with van der Waals surface area (Å²) >= 11 is 0. The van der Waals surface area contributed by atoms with E-state index in [0.717, 1.165) is 38.3 Å². The minimum Gasteiger partial charge on any atom is -0.351 e. The lowest BCUT2D eigenvalue weighted by molar-refractivity contribution is -0.137. The van der Waals surface area contributed by atoms with Crippen molar-refractivity contribution in [2.45, 2.75) is 6.18 Å². The zero-order valence-corrected chi connectivity index (χ0v) is 11.5. The van der Waals surface area contributed by atoms with Gasteiger partial charge >= 0.3 is 6.18 Å². The molecule has 2 rings (SSSR count). The van der Waals surface area contributed by atoms with Crippen LogP contribution in [-0.2, 0) is 6.18 Å². The minimum atomic E-state index is -4.43. The number of benzene rings is 1. The second-order valence-corrected chi connectivity index (χ2v) is 4.93. The Kier molecular flexibility index (Phi) is 5.19. The Morgan fingerprint density at radius 2 is 2.00 bits per heavy atom. The summed E-state index contributed by atoms with van der Waals surface area (Å²) in [7, 11) is 0. The molecule has 1 fully saturated rings. The molecule has 0 unspecified atom stereocenters. The zero-order chi connectivity index (χ0) is 15.3. The molecule has 116 valence electrons. The van der Waals surface area contributed by atoms with Gasteiger partial charge in [0.15, 0.2) is 0 Å². The molecule has 0 bridgehead atoms. The van der Waals surface area contributed by atoms with Crippen LogP contribution in [0.1, 0.15) is 15.9 Å². The highest BCUT2D eigenvalue weighted by atomic mass is 19.4. The first kappa shape index (κ1) is 15.8. The third-order valence-corrected chi connectivity index (χ3v) is 3.38. The van der Waals surface area contributed by atoms with Crippen molar-refractivity contribution in [3.05, 3.63) is 35.4 Å². The van der Waals surface area contributed by atoms with Crippen LogP contribution >= 0.6 is 0 Å². The Morgan fingerprint density at radius 3 is 2.67 bits per heavy atom. The standard InChI is InChI=1S/C14H18F3N3O/c15-14(16,17)12-3-1-2-11(10-12)13(21)19-6-9-20-7-4-18-5-8-20/h1-3,10,18H,4-9H2,(H,19,21). The van der Waals surface area contributed by atoms with Gasteiger partial charge in [-0.2, -0.15) is 13.2 Å². The van der Waals surface area contributed by atoms with Crippen molar-refractivity contribution in [1.29, 1.82) is 0 Å². The van der Waals surface area contributed by atoms with E-state index in [2.05, 4.69) is 15.5 Å². The molecule has 21 heavy (non-hydrogen) atoms. The topological polar surface area (TPSA) is 44.4 Å². The van der Waals surface area contributed by atoms with Gasteiger partial charge in [0.05, 0.1) is 5.56 Å². The molecule has 7 heteroatoms. The third kappa shape index (κ3) is 4.71. The molecule has 0 radical (unpaired) electrons. The van der Waals surface area contributed by atoms with Crippen LogP contribution in [0.4, 0.5) is 13.2 Å². The second-order valence-electron chi connectivity index (χ2n) is 4.93. The van der Waals surface area contributed by atoms with E-state index in [9.17, 15) is 18.0 Å². The lowest BCUT2D eigenvalue weighted by Gasteiger charge is -2.27. The van der Waals surface area contributed by atoms with Gasteiger partial charge in [0.1, 0.15) is 0 Å². The summed E-state index contributed by atoms with van der Waals surface area (Å²) in [5, 5.41) is 5.88. The van der Waals surface area contributed by atoms with E-state index in [0.29, 0.717) is 13.1 Å². The van der Waals surface area contributed by atoms with Crippen molar-refractivity contribution in [3.8, 4) is 0 Å². The summed E-state index contributed by atoms with van der Waals surface area (Å²) in [5.74, 6) is -0.476. The lowest BCUT2D eigenvalue weighted by atomic mass is 10.1. The summed E-state index contributed by atoms with van der Waals surface area (Å²) in [4.78, 5) is 14.1. The third-order valence-electron chi connectivity index (χ3n) is 3.38. The highest BCUT2D eigenvalue weighted by Crippen LogP contribution is 2.29. The van der Waals surface area contributed by atoms with Crippen LogP contribution in [0.2, 0.25) is 0 Å². The molecule has 2 N–H and O–H groups in total. The van der Waals surface area contributed by atoms with Crippen LogP contribution in [-0.4, -0.2) is 50.1 Å². The largest absolute Gasteiger partial charge is 0.416 e. The molecule has 0 aromatic heterocycles. The van der Waals surface area contributed by atoms with Crippen molar-refractivity contribution >= 4 is 5.91 Å². The van der Waals surface area contributed by atoms with E-state index in [1.54, 1.807) is 0 Å². The number of nitrogens with zero attached hydrogens (tertiary/aromatic N) is 1. The molecule has 1 aromatic rings. The average Bonchev–Trinajstić information content (AvgIpc) is 2.47. The Bertz CT molecular complexity index is 485. The highest BCUT2D eigenvalue weighted by Gasteiger charge is 2.30. The summed E-state index contributed by atoms with van der Waals surface area (Å²) in [6.07, 6.45) is -4.43. The molecular weight excluding hydrogens is 283 g/mol. The molecule has 0 aliphatic carbocycles. The number of alkyl halides is 3. The molecule has 0 atom stereocenters. The van der Waals surface area contributed by atoms with Crippen LogP contribution in [0.25, 0.3) is 0 Å². The molecule has 1 aromatic carbocycles. The van der Waals surface area contributed by atoms with Gasteiger partial charge in [0.2, 0.25) is 0 Å². The van der Waals surface area contributed by atoms with Crippen LogP contribution < -0.4 is 10.6 Å².